The number of carbonyl (C=O) groups excluding carboxylic acids is 2. The molecule has 5 heteroatoms. The highest BCUT2D eigenvalue weighted by Gasteiger charge is 2.40. The minimum Gasteiger partial charge on any atom is -0.356 e. The average Bonchev–Trinajstić information content (AvgIpc) is 2.63. The van der Waals surface area contributed by atoms with Gasteiger partial charge in [-0.1, -0.05) is 48.0 Å². The third-order valence-electron chi connectivity index (χ3n) is 5.20. The first kappa shape index (κ1) is 19.1. The molecule has 3 rings (SSSR count). The van der Waals surface area contributed by atoms with Crippen LogP contribution in [-0.2, 0) is 20.9 Å². The Balaban J connectivity index is 1.80. The van der Waals surface area contributed by atoms with Crippen LogP contribution in [0.4, 0.5) is 0 Å². The van der Waals surface area contributed by atoms with Gasteiger partial charge >= 0.3 is 0 Å². The Morgan fingerprint density at radius 1 is 1.15 bits per heavy atom. The van der Waals surface area contributed by atoms with E-state index in [2.05, 4.69) is 11.4 Å². The summed E-state index contributed by atoms with van der Waals surface area (Å²) >= 11 is 0. The van der Waals surface area contributed by atoms with Crippen LogP contribution >= 0.6 is 0 Å². The minimum atomic E-state index is -0.737. The summed E-state index contributed by atoms with van der Waals surface area (Å²) in [6.45, 7) is 6.41. The minimum absolute atomic E-state index is 0.0828. The van der Waals surface area contributed by atoms with Crippen molar-refractivity contribution < 1.29 is 14.3 Å². The molecule has 0 spiro atoms. The number of rotatable bonds is 4. The molecule has 0 radical (unpaired) electrons. The molecule has 2 aromatic rings. The third kappa shape index (κ3) is 4.03. The molecule has 1 aliphatic heterocycles. The molecule has 1 fully saturated rings. The molecule has 0 bridgehead atoms. The molecule has 0 aromatic heterocycles. The van der Waals surface area contributed by atoms with Gasteiger partial charge in [-0.2, -0.15) is 0 Å². The number of aryl methyl sites for hydroxylation is 3. The van der Waals surface area contributed by atoms with Crippen molar-refractivity contribution in [2.24, 2.45) is 0 Å². The number of carbonyl (C=O) groups is 2. The van der Waals surface area contributed by atoms with Crippen LogP contribution in [0.1, 0.15) is 33.9 Å². The molecule has 0 saturated carbocycles. The van der Waals surface area contributed by atoms with E-state index in [0.29, 0.717) is 6.54 Å². The molecular weight excluding hydrogens is 340 g/mol. The van der Waals surface area contributed by atoms with Gasteiger partial charge in [-0.25, -0.2) is 0 Å². The van der Waals surface area contributed by atoms with Gasteiger partial charge in [0.1, 0.15) is 6.61 Å². The zero-order chi connectivity index (χ0) is 19.6. The van der Waals surface area contributed by atoms with Crippen molar-refractivity contribution in [3.8, 4) is 0 Å². The Labute approximate surface area is 160 Å². The first-order chi connectivity index (χ1) is 12.9. The Kier molecular flexibility index (Phi) is 5.61. The summed E-state index contributed by atoms with van der Waals surface area (Å²) in [4.78, 5) is 26.7. The summed E-state index contributed by atoms with van der Waals surface area (Å²) in [5.41, 5.74) is 5.36. The Bertz CT molecular complexity index is 862. The number of amides is 2. The van der Waals surface area contributed by atoms with E-state index in [9.17, 15) is 9.59 Å². The van der Waals surface area contributed by atoms with Crippen LogP contribution < -0.4 is 5.32 Å². The summed E-state index contributed by atoms with van der Waals surface area (Å²) in [5.74, 6) is -0.329. The fourth-order valence-corrected chi connectivity index (χ4v) is 3.55. The van der Waals surface area contributed by atoms with Crippen molar-refractivity contribution in [3.63, 3.8) is 0 Å². The number of ether oxygens (including phenoxy) is 1. The smallest absolute Gasteiger partial charge is 0.251 e. The molecule has 1 heterocycles. The highest BCUT2D eigenvalue weighted by atomic mass is 16.5. The van der Waals surface area contributed by atoms with Gasteiger partial charge in [-0.05, 0) is 43.0 Å². The Morgan fingerprint density at radius 3 is 2.59 bits per heavy atom. The number of hydrogen-bond acceptors (Lipinski definition) is 3. The quantitative estimate of drug-likeness (QED) is 0.905. The van der Waals surface area contributed by atoms with Crippen LogP contribution in [0.3, 0.4) is 0 Å². The van der Waals surface area contributed by atoms with E-state index in [1.165, 1.54) is 5.56 Å². The Hall–Kier alpha value is -2.66. The first-order valence-electron chi connectivity index (χ1n) is 9.15. The second kappa shape index (κ2) is 7.92. The van der Waals surface area contributed by atoms with Crippen LogP contribution in [0.25, 0.3) is 0 Å². The lowest BCUT2D eigenvalue weighted by atomic mass is 9.94. The zero-order valence-electron chi connectivity index (χ0n) is 16.3. The molecule has 1 N–H and O–H groups in total. The topological polar surface area (TPSA) is 58.6 Å². The predicted molar refractivity (Wildman–Crippen MR) is 104 cm³/mol. The van der Waals surface area contributed by atoms with Crippen LogP contribution in [0.5, 0.6) is 0 Å². The van der Waals surface area contributed by atoms with E-state index in [4.69, 9.17) is 4.74 Å². The number of nitrogens with one attached hydrogen (secondary N) is 1. The van der Waals surface area contributed by atoms with Gasteiger partial charge in [0.25, 0.3) is 5.91 Å². The fraction of sp³-hybridized carbons (Fsp3) is 0.364. The normalized spacial score (nSPS) is 19.9. The summed E-state index contributed by atoms with van der Waals surface area (Å²) in [6, 6.07) is 13.5. The highest BCUT2D eigenvalue weighted by molar-refractivity contribution is 5.86. The second-order valence-corrected chi connectivity index (χ2v) is 7.19. The van der Waals surface area contributed by atoms with Crippen LogP contribution in [0, 0.1) is 20.8 Å². The van der Waals surface area contributed by atoms with Crippen molar-refractivity contribution in [2.75, 3.05) is 13.7 Å². The second-order valence-electron chi connectivity index (χ2n) is 7.19. The number of morpholine rings is 1. The van der Waals surface area contributed by atoms with E-state index in [0.717, 1.165) is 22.3 Å². The lowest BCUT2D eigenvalue weighted by molar-refractivity contribution is -0.162. The van der Waals surface area contributed by atoms with Crippen molar-refractivity contribution in [1.82, 2.24) is 10.2 Å². The van der Waals surface area contributed by atoms with Gasteiger partial charge < -0.3 is 15.0 Å². The number of nitrogens with zero attached hydrogens (tertiary/aromatic N) is 1. The number of hydrogen-bond donors (Lipinski definition) is 1. The molecule has 5 nitrogen and oxygen atoms in total. The SMILES string of the molecule is Cc1ccc(CNC(=O)C2OCC(=O)N(C)C2c2ccccc2C)c(C)c1. The standard InChI is InChI=1S/C22H26N2O3/c1-14-9-10-17(16(3)11-14)12-23-22(26)21-20(24(4)19(25)13-27-21)18-8-6-5-7-15(18)2/h5-11,20-21H,12-13H2,1-4H3,(H,23,26). The van der Waals surface area contributed by atoms with Crippen molar-refractivity contribution >= 4 is 11.8 Å². The van der Waals surface area contributed by atoms with Gasteiger partial charge in [0.15, 0.2) is 6.10 Å². The van der Waals surface area contributed by atoms with E-state index in [1.807, 2.05) is 57.2 Å². The molecule has 142 valence electrons. The lowest BCUT2D eigenvalue weighted by Crippen LogP contribution is -2.53. The third-order valence-corrected chi connectivity index (χ3v) is 5.20. The molecule has 2 unspecified atom stereocenters. The maximum atomic E-state index is 12.9. The molecule has 2 atom stereocenters. The van der Waals surface area contributed by atoms with Crippen molar-refractivity contribution in [2.45, 2.75) is 39.5 Å². The van der Waals surface area contributed by atoms with Crippen molar-refractivity contribution in [3.05, 3.63) is 70.3 Å². The molecule has 1 aliphatic rings. The van der Waals surface area contributed by atoms with Gasteiger partial charge in [-0.3, -0.25) is 9.59 Å². The number of likely N-dealkylation sites (N-methyl/N-ethyl adjacent to an activating group) is 1. The molecule has 1 saturated heterocycles. The van der Waals surface area contributed by atoms with Crippen LogP contribution in [-0.4, -0.2) is 36.5 Å². The predicted octanol–water partition coefficient (Wildman–Crippen LogP) is 2.83. The summed E-state index contributed by atoms with van der Waals surface area (Å²) < 4.78 is 5.68. The Morgan fingerprint density at radius 2 is 1.89 bits per heavy atom. The summed E-state index contributed by atoms with van der Waals surface area (Å²) in [7, 11) is 1.73. The van der Waals surface area contributed by atoms with Gasteiger partial charge in [0, 0.05) is 13.6 Å². The molecule has 27 heavy (non-hydrogen) atoms. The highest BCUT2D eigenvalue weighted by Crippen LogP contribution is 2.31. The van der Waals surface area contributed by atoms with Gasteiger partial charge in [0.05, 0.1) is 6.04 Å². The van der Waals surface area contributed by atoms with Crippen molar-refractivity contribution in [1.29, 1.82) is 0 Å². The molecule has 2 amide bonds. The molecule has 2 aromatic carbocycles. The summed E-state index contributed by atoms with van der Waals surface area (Å²) in [6.07, 6.45) is -0.737. The van der Waals surface area contributed by atoms with Gasteiger partial charge in [0.2, 0.25) is 5.91 Å². The fourth-order valence-electron chi connectivity index (χ4n) is 3.55. The van der Waals surface area contributed by atoms with Gasteiger partial charge in [-0.15, -0.1) is 0 Å². The van der Waals surface area contributed by atoms with E-state index in [1.54, 1.807) is 11.9 Å². The molecule has 0 aliphatic carbocycles. The first-order valence-corrected chi connectivity index (χ1v) is 9.15. The number of benzene rings is 2. The monoisotopic (exact) mass is 366 g/mol. The average molecular weight is 366 g/mol. The maximum absolute atomic E-state index is 12.9. The van der Waals surface area contributed by atoms with Crippen LogP contribution in [0.15, 0.2) is 42.5 Å². The largest absolute Gasteiger partial charge is 0.356 e. The zero-order valence-corrected chi connectivity index (χ0v) is 16.3. The molecular formula is C22H26N2O3. The van der Waals surface area contributed by atoms with Crippen LogP contribution in [0.2, 0.25) is 0 Å². The van der Waals surface area contributed by atoms with E-state index < -0.39 is 12.1 Å². The van der Waals surface area contributed by atoms with E-state index >= 15 is 0 Å². The lowest BCUT2D eigenvalue weighted by Gasteiger charge is -2.39. The summed E-state index contributed by atoms with van der Waals surface area (Å²) in [5, 5.41) is 2.98. The maximum Gasteiger partial charge on any atom is 0.251 e. The van der Waals surface area contributed by atoms with E-state index in [-0.39, 0.29) is 18.4 Å².